The molecule has 0 saturated heterocycles. The van der Waals surface area contributed by atoms with Crippen LogP contribution >= 0.6 is 11.8 Å². The Balaban J connectivity index is 2.38. The van der Waals surface area contributed by atoms with Crippen LogP contribution in [0, 0.1) is 5.82 Å². The molecule has 3 amide bonds. The van der Waals surface area contributed by atoms with E-state index < -0.39 is 30.6 Å². The van der Waals surface area contributed by atoms with Gasteiger partial charge in [-0.05, 0) is 36.1 Å². The number of rotatable bonds is 9. The molecule has 0 aliphatic rings. The maximum Gasteiger partial charge on any atom is 0.329 e. The SMILES string of the molecule is CSCC[C@H](NC(N)=O)C(=O)OCC(=O)NCc1ccc(F)cc1. The van der Waals surface area contributed by atoms with Gasteiger partial charge in [-0.3, -0.25) is 4.79 Å². The molecule has 1 atom stereocenters. The molecular formula is C15H20FN3O4S. The van der Waals surface area contributed by atoms with Gasteiger partial charge in [-0.2, -0.15) is 11.8 Å². The summed E-state index contributed by atoms with van der Waals surface area (Å²) >= 11 is 1.50. The van der Waals surface area contributed by atoms with Crippen molar-refractivity contribution in [1.29, 1.82) is 0 Å². The number of thioether (sulfide) groups is 1. The van der Waals surface area contributed by atoms with E-state index in [0.717, 1.165) is 0 Å². The molecule has 1 aromatic carbocycles. The maximum absolute atomic E-state index is 12.8. The zero-order valence-electron chi connectivity index (χ0n) is 13.2. The summed E-state index contributed by atoms with van der Waals surface area (Å²) in [5.41, 5.74) is 5.72. The predicted molar refractivity (Wildman–Crippen MR) is 88.7 cm³/mol. The van der Waals surface area contributed by atoms with Crippen LogP contribution in [0.4, 0.5) is 9.18 Å². The molecule has 0 aliphatic heterocycles. The summed E-state index contributed by atoms with van der Waals surface area (Å²) in [6, 6.07) is 3.92. The lowest BCUT2D eigenvalue weighted by Gasteiger charge is -2.15. The molecular weight excluding hydrogens is 337 g/mol. The van der Waals surface area contributed by atoms with Gasteiger partial charge in [-0.1, -0.05) is 12.1 Å². The Bertz CT molecular complexity index is 568. The molecule has 24 heavy (non-hydrogen) atoms. The van der Waals surface area contributed by atoms with E-state index in [1.807, 2.05) is 6.26 Å². The van der Waals surface area contributed by atoms with Gasteiger partial charge < -0.3 is 21.1 Å². The third kappa shape index (κ3) is 7.82. The molecule has 1 rings (SSSR count). The zero-order chi connectivity index (χ0) is 17.9. The fourth-order valence-electron chi connectivity index (χ4n) is 1.75. The molecule has 132 valence electrons. The molecule has 4 N–H and O–H groups in total. The van der Waals surface area contributed by atoms with Crippen molar-refractivity contribution in [2.24, 2.45) is 5.73 Å². The largest absolute Gasteiger partial charge is 0.454 e. The maximum atomic E-state index is 12.8. The van der Waals surface area contributed by atoms with Crippen molar-refractivity contribution in [2.45, 2.75) is 19.0 Å². The third-order valence-corrected chi connectivity index (χ3v) is 3.60. The second-order valence-corrected chi connectivity index (χ2v) is 5.84. The van der Waals surface area contributed by atoms with Crippen LogP contribution in [0.2, 0.25) is 0 Å². The molecule has 0 aromatic heterocycles. The smallest absolute Gasteiger partial charge is 0.329 e. The molecule has 0 radical (unpaired) electrons. The van der Waals surface area contributed by atoms with Gasteiger partial charge in [0.1, 0.15) is 11.9 Å². The van der Waals surface area contributed by atoms with Gasteiger partial charge in [-0.15, -0.1) is 0 Å². The van der Waals surface area contributed by atoms with Crippen LogP contribution in [-0.2, 0) is 20.9 Å². The molecule has 7 nitrogen and oxygen atoms in total. The van der Waals surface area contributed by atoms with Crippen molar-refractivity contribution in [3.05, 3.63) is 35.6 Å². The lowest BCUT2D eigenvalue weighted by atomic mass is 10.2. The fraction of sp³-hybridized carbons (Fsp3) is 0.400. The molecule has 0 aliphatic carbocycles. The Morgan fingerprint density at radius 2 is 1.96 bits per heavy atom. The Labute approximate surface area is 143 Å². The zero-order valence-corrected chi connectivity index (χ0v) is 14.0. The molecule has 0 bridgehead atoms. The summed E-state index contributed by atoms with van der Waals surface area (Å²) in [4.78, 5) is 34.4. The number of hydrogen-bond donors (Lipinski definition) is 3. The topological polar surface area (TPSA) is 111 Å². The van der Waals surface area contributed by atoms with Crippen LogP contribution in [0.5, 0.6) is 0 Å². The summed E-state index contributed by atoms with van der Waals surface area (Å²) in [6.45, 7) is -0.289. The van der Waals surface area contributed by atoms with E-state index in [9.17, 15) is 18.8 Å². The Kier molecular flexibility index (Phi) is 8.63. The molecule has 0 fully saturated rings. The number of carbonyl (C=O) groups excluding carboxylic acids is 3. The molecule has 0 saturated carbocycles. The van der Waals surface area contributed by atoms with Crippen molar-refractivity contribution in [1.82, 2.24) is 10.6 Å². The number of nitrogens with one attached hydrogen (secondary N) is 2. The van der Waals surface area contributed by atoms with E-state index in [1.165, 1.54) is 36.0 Å². The highest BCUT2D eigenvalue weighted by molar-refractivity contribution is 7.98. The van der Waals surface area contributed by atoms with Crippen molar-refractivity contribution in [2.75, 3.05) is 18.6 Å². The Hall–Kier alpha value is -2.29. The van der Waals surface area contributed by atoms with Crippen LogP contribution in [0.1, 0.15) is 12.0 Å². The minimum absolute atomic E-state index is 0.187. The van der Waals surface area contributed by atoms with Gasteiger partial charge in [0.15, 0.2) is 6.61 Å². The summed E-state index contributed by atoms with van der Waals surface area (Å²) in [5.74, 6) is -0.969. The van der Waals surface area contributed by atoms with E-state index in [-0.39, 0.29) is 12.4 Å². The predicted octanol–water partition coefficient (Wildman–Crippen LogP) is 0.775. The average molecular weight is 357 g/mol. The lowest BCUT2D eigenvalue weighted by Crippen LogP contribution is -2.45. The number of urea groups is 1. The van der Waals surface area contributed by atoms with Gasteiger partial charge >= 0.3 is 12.0 Å². The van der Waals surface area contributed by atoms with E-state index in [1.54, 1.807) is 0 Å². The van der Waals surface area contributed by atoms with Crippen LogP contribution in [-0.4, -0.2) is 42.6 Å². The van der Waals surface area contributed by atoms with Gasteiger partial charge in [0.05, 0.1) is 0 Å². The van der Waals surface area contributed by atoms with Crippen molar-refractivity contribution in [3.8, 4) is 0 Å². The van der Waals surface area contributed by atoms with Crippen molar-refractivity contribution < 1.29 is 23.5 Å². The summed E-state index contributed by atoms with van der Waals surface area (Å²) in [5, 5.41) is 4.83. The molecule has 0 heterocycles. The Morgan fingerprint density at radius 1 is 1.29 bits per heavy atom. The first-order valence-corrected chi connectivity index (χ1v) is 8.54. The number of ether oxygens (including phenoxy) is 1. The lowest BCUT2D eigenvalue weighted by molar-refractivity contribution is -0.150. The van der Waals surface area contributed by atoms with Gasteiger partial charge in [0.25, 0.3) is 5.91 Å². The molecule has 0 spiro atoms. The van der Waals surface area contributed by atoms with E-state index >= 15 is 0 Å². The number of esters is 1. The first-order valence-electron chi connectivity index (χ1n) is 7.15. The van der Waals surface area contributed by atoms with Crippen molar-refractivity contribution in [3.63, 3.8) is 0 Å². The standard InChI is InChI=1S/C15H20FN3O4S/c1-24-7-6-12(19-15(17)22)14(21)23-9-13(20)18-8-10-2-4-11(16)5-3-10/h2-5,12H,6-9H2,1H3,(H,18,20)(H3,17,19,22)/t12-/m0/s1. The van der Waals surface area contributed by atoms with Crippen molar-refractivity contribution >= 4 is 29.7 Å². The number of carbonyl (C=O) groups is 3. The summed E-state index contributed by atoms with van der Waals surface area (Å²) in [6.07, 6.45) is 2.20. The first kappa shape index (κ1) is 19.8. The number of nitrogens with two attached hydrogens (primary N) is 1. The monoisotopic (exact) mass is 357 g/mol. The minimum atomic E-state index is -0.889. The first-order chi connectivity index (χ1) is 11.4. The molecule has 1 aromatic rings. The van der Waals surface area contributed by atoms with E-state index in [0.29, 0.717) is 17.7 Å². The average Bonchev–Trinajstić information content (AvgIpc) is 2.55. The number of halogens is 1. The summed E-state index contributed by atoms with van der Waals surface area (Å²) < 4.78 is 17.6. The van der Waals surface area contributed by atoms with Crippen LogP contribution in [0.15, 0.2) is 24.3 Å². The normalized spacial score (nSPS) is 11.4. The van der Waals surface area contributed by atoms with Gasteiger partial charge in [0.2, 0.25) is 0 Å². The highest BCUT2D eigenvalue weighted by atomic mass is 32.2. The number of benzene rings is 1. The third-order valence-electron chi connectivity index (χ3n) is 2.96. The van der Waals surface area contributed by atoms with Gasteiger partial charge in [-0.25, -0.2) is 14.0 Å². The molecule has 0 unspecified atom stereocenters. The second-order valence-electron chi connectivity index (χ2n) is 4.85. The van der Waals surface area contributed by atoms with E-state index in [2.05, 4.69) is 10.6 Å². The number of primary amides is 1. The molecule has 9 heteroatoms. The quantitative estimate of drug-likeness (QED) is 0.566. The highest BCUT2D eigenvalue weighted by Crippen LogP contribution is 2.04. The minimum Gasteiger partial charge on any atom is -0.454 e. The Morgan fingerprint density at radius 3 is 2.54 bits per heavy atom. The highest BCUT2D eigenvalue weighted by Gasteiger charge is 2.21. The van der Waals surface area contributed by atoms with Crippen LogP contribution < -0.4 is 16.4 Å². The fourth-order valence-corrected chi connectivity index (χ4v) is 2.22. The van der Waals surface area contributed by atoms with Crippen LogP contribution in [0.25, 0.3) is 0 Å². The second kappa shape index (κ2) is 10.5. The van der Waals surface area contributed by atoms with Gasteiger partial charge in [0, 0.05) is 6.54 Å². The summed E-state index contributed by atoms with van der Waals surface area (Å²) in [7, 11) is 0. The number of amides is 3. The van der Waals surface area contributed by atoms with E-state index in [4.69, 9.17) is 10.5 Å². The van der Waals surface area contributed by atoms with Crippen LogP contribution in [0.3, 0.4) is 0 Å². The number of hydrogen-bond acceptors (Lipinski definition) is 5.